The van der Waals surface area contributed by atoms with Gasteiger partial charge in [-0.1, -0.05) is 6.92 Å². The molecule has 0 aromatic heterocycles. The number of nitrogens with one attached hydrogen (secondary N) is 1. The van der Waals surface area contributed by atoms with E-state index in [0.29, 0.717) is 16.9 Å². The molecular weight excluding hydrogens is 481 g/mol. The normalized spacial score (nSPS) is 20.6. The number of ether oxygens (including phenoxy) is 1. The van der Waals surface area contributed by atoms with Gasteiger partial charge in [-0.05, 0) is 88.0 Å². The minimum atomic E-state index is -0.961. The Morgan fingerprint density at radius 3 is 2.59 bits per heavy atom. The molecule has 27 heavy (non-hydrogen) atoms. The van der Waals surface area contributed by atoms with Crippen molar-refractivity contribution >= 4 is 37.8 Å². The van der Waals surface area contributed by atoms with E-state index in [-0.39, 0.29) is 4.47 Å². The number of carbonyl (C=O) groups excluding carboxylic acids is 1. The molecule has 4 nitrogen and oxygen atoms in total. The minimum Gasteiger partial charge on any atom is -0.484 e. The second-order valence-corrected chi connectivity index (χ2v) is 8.79. The van der Waals surface area contributed by atoms with Gasteiger partial charge in [-0.15, -0.1) is 0 Å². The number of hydrogen-bond acceptors (Lipinski definition) is 3. The Morgan fingerprint density at radius 2 is 1.96 bits per heavy atom. The number of amides is 1. The van der Waals surface area contributed by atoms with Crippen LogP contribution in [0, 0.1) is 5.82 Å². The molecule has 144 valence electrons. The van der Waals surface area contributed by atoms with Crippen molar-refractivity contribution in [3.05, 3.63) is 61.8 Å². The molecule has 2 aromatic rings. The van der Waals surface area contributed by atoms with Gasteiger partial charge in [0.2, 0.25) is 0 Å². The van der Waals surface area contributed by atoms with Gasteiger partial charge in [-0.25, -0.2) is 4.39 Å². The summed E-state index contributed by atoms with van der Waals surface area (Å²) < 4.78 is 20.5. The summed E-state index contributed by atoms with van der Waals surface area (Å²) >= 11 is 6.63. The molecule has 2 N–H and O–H groups in total. The highest BCUT2D eigenvalue weighted by atomic mass is 79.9. The van der Waals surface area contributed by atoms with E-state index >= 15 is 0 Å². The Kier molecular flexibility index (Phi) is 5.66. The molecular formula is C20H20Br2FNO3. The highest BCUT2D eigenvalue weighted by Gasteiger charge is 2.44. The Morgan fingerprint density at radius 1 is 1.26 bits per heavy atom. The SMILES string of the molecule is CCc1cc(Br)c2c(c1)C(NC(=O)c1ccc(F)c(Br)c1)C(O)C(C)(C)O2. The average Bonchev–Trinajstić information content (AvgIpc) is 2.61. The Bertz CT molecular complexity index is 901. The molecule has 0 bridgehead atoms. The topological polar surface area (TPSA) is 58.6 Å². The van der Waals surface area contributed by atoms with Crippen LogP contribution in [0.1, 0.15) is 48.3 Å². The van der Waals surface area contributed by atoms with Gasteiger partial charge in [-0.2, -0.15) is 0 Å². The zero-order valence-electron chi connectivity index (χ0n) is 15.1. The van der Waals surface area contributed by atoms with Crippen LogP contribution in [0.3, 0.4) is 0 Å². The minimum absolute atomic E-state index is 0.208. The third kappa shape index (κ3) is 3.91. The lowest BCUT2D eigenvalue weighted by Crippen LogP contribution is -2.53. The highest BCUT2D eigenvalue weighted by Crippen LogP contribution is 2.44. The first-order valence-electron chi connectivity index (χ1n) is 8.59. The maximum Gasteiger partial charge on any atom is 0.251 e. The molecule has 1 aliphatic rings. The Hall–Kier alpha value is -1.44. The van der Waals surface area contributed by atoms with Crippen LogP contribution in [0.4, 0.5) is 4.39 Å². The first-order valence-corrected chi connectivity index (χ1v) is 10.2. The average molecular weight is 501 g/mol. The first kappa shape index (κ1) is 20.3. The molecule has 0 saturated carbocycles. The summed E-state index contributed by atoms with van der Waals surface area (Å²) in [6.07, 6.45) is -0.159. The molecule has 0 saturated heterocycles. The van der Waals surface area contributed by atoms with E-state index < -0.39 is 29.5 Å². The number of carbonyl (C=O) groups is 1. The van der Waals surface area contributed by atoms with Crippen LogP contribution in [0.25, 0.3) is 0 Å². The number of fused-ring (bicyclic) bond motifs is 1. The molecule has 7 heteroatoms. The van der Waals surface area contributed by atoms with Crippen molar-refractivity contribution in [2.45, 2.75) is 44.9 Å². The zero-order chi connectivity index (χ0) is 19.9. The van der Waals surface area contributed by atoms with Crippen molar-refractivity contribution in [1.29, 1.82) is 0 Å². The third-order valence-electron chi connectivity index (χ3n) is 4.74. The third-order valence-corrected chi connectivity index (χ3v) is 5.93. The smallest absolute Gasteiger partial charge is 0.251 e. The summed E-state index contributed by atoms with van der Waals surface area (Å²) in [6, 6.07) is 7.30. The number of benzene rings is 2. The van der Waals surface area contributed by atoms with Crippen molar-refractivity contribution in [3.8, 4) is 5.75 Å². The van der Waals surface area contributed by atoms with Crippen molar-refractivity contribution in [1.82, 2.24) is 5.32 Å². The monoisotopic (exact) mass is 499 g/mol. The number of halogens is 3. The van der Waals surface area contributed by atoms with Crippen molar-refractivity contribution in [2.24, 2.45) is 0 Å². The van der Waals surface area contributed by atoms with E-state index in [1.165, 1.54) is 18.2 Å². The Labute approximate surface area is 174 Å². The van der Waals surface area contributed by atoms with Crippen LogP contribution < -0.4 is 10.1 Å². The van der Waals surface area contributed by atoms with Gasteiger partial charge < -0.3 is 15.2 Å². The maximum atomic E-state index is 13.5. The molecule has 1 amide bonds. The maximum absolute atomic E-state index is 13.5. The van der Waals surface area contributed by atoms with Gasteiger partial charge in [0.15, 0.2) is 0 Å². The van der Waals surface area contributed by atoms with Crippen molar-refractivity contribution < 1.29 is 19.0 Å². The van der Waals surface area contributed by atoms with E-state index in [1.54, 1.807) is 13.8 Å². The molecule has 2 aromatic carbocycles. The Balaban J connectivity index is 2.02. The number of rotatable bonds is 3. The van der Waals surface area contributed by atoms with E-state index in [2.05, 4.69) is 37.2 Å². The summed E-state index contributed by atoms with van der Waals surface area (Å²) in [7, 11) is 0. The molecule has 2 atom stereocenters. The van der Waals surface area contributed by atoms with Crippen LogP contribution in [0.15, 0.2) is 39.3 Å². The van der Waals surface area contributed by atoms with Gasteiger partial charge in [0.05, 0.1) is 15.0 Å². The predicted molar refractivity (Wildman–Crippen MR) is 109 cm³/mol. The highest BCUT2D eigenvalue weighted by molar-refractivity contribution is 9.10. The predicted octanol–water partition coefficient (Wildman–Crippen LogP) is 4.92. The molecule has 3 rings (SSSR count). The molecule has 1 aliphatic heterocycles. The van der Waals surface area contributed by atoms with Gasteiger partial charge in [0.1, 0.15) is 23.3 Å². The number of aliphatic hydroxyl groups is 1. The molecule has 2 unspecified atom stereocenters. The second kappa shape index (κ2) is 7.53. The van der Waals surface area contributed by atoms with Crippen molar-refractivity contribution in [3.63, 3.8) is 0 Å². The summed E-state index contributed by atoms with van der Waals surface area (Å²) in [4.78, 5) is 12.8. The van der Waals surface area contributed by atoms with Crippen LogP contribution in [-0.4, -0.2) is 22.7 Å². The quantitative estimate of drug-likeness (QED) is 0.629. The molecule has 0 radical (unpaired) electrons. The van der Waals surface area contributed by atoms with E-state index in [9.17, 15) is 14.3 Å². The number of aryl methyl sites for hydroxylation is 1. The fraction of sp³-hybridized carbons (Fsp3) is 0.350. The molecule has 0 spiro atoms. The lowest BCUT2D eigenvalue weighted by molar-refractivity contribution is -0.0632. The molecule has 1 heterocycles. The second-order valence-electron chi connectivity index (χ2n) is 7.08. The van der Waals surface area contributed by atoms with Gasteiger partial charge in [0, 0.05) is 11.1 Å². The standard InChI is InChI=1S/C20H20Br2FNO3/c1-4-10-7-12-16(18(25)20(2,3)27-17(12)14(22)8-10)24-19(26)11-5-6-15(23)13(21)9-11/h5-9,16,18,25H,4H2,1-3H3,(H,24,26). The van der Waals surface area contributed by atoms with E-state index in [0.717, 1.165) is 16.5 Å². The number of aliphatic hydroxyl groups excluding tert-OH is 1. The fourth-order valence-electron chi connectivity index (χ4n) is 3.13. The summed E-state index contributed by atoms with van der Waals surface area (Å²) in [6.45, 7) is 5.57. The largest absolute Gasteiger partial charge is 0.484 e. The van der Waals surface area contributed by atoms with Crippen LogP contribution in [-0.2, 0) is 6.42 Å². The fourth-order valence-corrected chi connectivity index (χ4v) is 4.11. The molecule has 0 aliphatic carbocycles. The van der Waals surface area contributed by atoms with Crippen LogP contribution >= 0.6 is 31.9 Å². The van der Waals surface area contributed by atoms with Gasteiger partial charge in [0.25, 0.3) is 5.91 Å². The van der Waals surface area contributed by atoms with E-state index in [1.807, 2.05) is 19.1 Å². The lowest BCUT2D eigenvalue weighted by Gasteiger charge is -2.42. The van der Waals surface area contributed by atoms with Crippen LogP contribution in [0.2, 0.25) is 0 Å². The van der Waals surface area contributed by atoms with Gasteiger partial charge in [-0.3, -0.25) is 4.79 Å². The summed E-state index contributed by atoms with van der Waals surface area (Å²) in [5, 5.41) is 13.8. The summed E-state index contributed by atoms with van der Waals surface area (Å²) in [5.41, 5.74) is 1.17. The molecule has 0 fully saturated rings. The number of hydrogen-bond donors (Lipinski definition) is 2. The van der Waals surface area contributed by atoms with Crippen molar-refractivity contribution in [2.75, 3.05) is 0 Å². The lowest BCUT2D eigenvalue weighted by atomic mass is 9.85. The van der Waals surface area contributed by atoms with Crippen LogP contribution in [0.5, 0.6) is 5.75 Å². The van der Waals surface area contributed by atoms with E-state index in [4.69, 9.17) is 4.74 Å². The van der Waals surface area contributed by atoms with Gasteiger partial charge >= 0.3 is 0 Å². The first-order chi connectivity index (χ1) is 12.6. The summed E-state index contributed by atoms with van der Waals surface area (Å²) in [5.74, 6) is -0.241. The zero-order valence-corrected chi connectivity index (χ0v) is 18.3.